The highest BCUT2D eigenvalue weighted by molar-refractivity contribution is 6.19. The summed E-state index contributed by atoms with van der Waals surface area (Å²) in [6.07, 6.45) is -0.00344. The molecule has 0 bridgehead atoms. The Balaban J connectivity index is 2.26. The van der Waals surface area contributed by atoms with Gasteiger partial charge in [-0.25, -0.2) is 9.59 Å². The normalized spacial score (nSPS) is 18.0. The number of para-hydroxylation sites is 1. The first-order chi connectivity index (χ1) is 13.6. The van der Waals surface area contributed by atoms with Gasteiger partial charge in [0.05, 0.1) is 13.2 Å². The van der Waals surface area contributed by atoms with E-state index in [1.807, 2.05) is 18.2 Å². The van der Waals surface area contributed by atoms with Crippen molar-refractivity contribution in [1.29, 1.82) is 0 Å². The predicted molar refractivity (Wildman–Crippen MR) is 104 cm³/mol. The Kier molecular flexibility index (Phi) is 5.78. The minimum absolute atomic E-state index is 0.00344. The molecule has 1 fully saturated rings. The number of rotatable bonds is 6. The molecule has 146 valence electrons. The third-order valence-electron chi connectivity index (χ3n) is 4.87. The summed E-state index contributed by atoms with van der Waals surface area (Å²) in [6.45, 7) is 3.49. The monoisotopic (exact) mass is 381 g/mol. The molecule has 2 aromatic rings. The van der Waals surface area contributed by atoms with Gasteiger partial charge in [0.15, 0.2) is 0 Å². The standard InChI is InChI=1S/C22H23NO5/c1-3-27-20(25)22(21(26)28-4-2)18(16-11-7-5-8-12-16)15-19(24)23(22)17-13-9-6-10-14-17/h5-14,18H,3-4,15H2,1-2H3. The topological polar surface area (TPSA) is 72.9 Å². The number of carbonyl (C=O) groups is 3. The summed E-state index contributed by atoms with van der Waals surface area (Å²) >= 11 is 0. The van der Waals surface area contributed by atoms with Gasteiger partial charge in [0.1, 0.15) is 0 Å². The smallest absolute Gasteiger partial charge is 0.344 e. The van der Waals surface area contributed by atoms with Crippen molar-refractivity contribution >= 4 is 23.5 Å². The van der Waals surface area contributed by atoms with Gasteiger partial charge in [0, 0.05) is 18.0 Å². The van der Waals surface area contributed by atoms with Gasteiger partial charge < -0.3 is 9.47 Å². The van der Waals surface area contributed by atoms with Crippen molar-refractivity contribution in [3.63, 3.8) is 0 Å². The molecule has 1 saturated heterocycles. The number of benzene rings is 2. The van der Waals surface area contributed by atoms with Gasteiger partial charge >= 0.3 is 11.9 Å². The Morgan fingerprint density at radius 1 is 0.929 bits per heavy atom. The fraction of sp³-hybridized carbons (Fsp3) is 0.318. The average Bonchev–Trinajstić information content (AvgIpc) is 3.03. The SMILES string of the molecule is CCOC(=O)C1(C(=O)OCC)C(c2ccccc2)CC(=O)N1c1ccccc1. The summed E-state index contributed by atoms with van der Waals surface area (Å²) in [5, 5.41) is 0. The van der Waals surface area contributed by atoms with Crippen LogP contribution in [-0.2, 0) is 23.9 Å². The largest absolute Gasteiger partial charge is 0.464 e. The third-order valence-corrected chi connectivity index (χ3v) is 4.87. The van der Waals surface area contributed by atoms with Gasteiger partial charge in [-0.1, -0.05) is 48.5 Å². The summed E-state index contributed by atoms with van der Waals surface area (Å²) in [4.78, 5) is 40.9. The maximum atomic E-state index is 13.3. The molecule has 28 heavy (non-hydrogen) atoms. The van der Waals surface area contributed by atoms with E-state index in [9.17, 15) is 14.4 Å². The van der Waals surface area contributed by atoms with E-state index in [4.69, 9.17) is 9.47 Å². The number of anilines is 1. The van der Waals surface area contributed by atoms with Crippen LogP contribution in [0.3, 0.4) is 0 Å². The Bertz CT molecular complexity index is 832. The maximum Gasteiger partial charge on any atom is 0.344 e. The van der Waals surface area contributed by atoms with E-state index in [-0.39, 0.29) is 25.5 Å². The predicted octanol–water partition coefficient (Wildman–Crippen LogP) is 3.07. The molecule has 1 aliphatic heterocycles. The van der Waals surface area contributed by atoms with Crippen LogP contribution in [0.5, 0.6) is 0 Å². The minimum Gasteiger partial charge on any atom is -0.464 e. The minimum atomic E-state index is -1.91. The van der Waals surface area contributed by atoms with Gasteiger partial charge in [-0.3, -0.25) is 9.69 Å². The van der Waals surface area contributed by atoms with Gasteiger partial charge in [0.2, 0.25) is 11.4 Å². The second-order valence-electron chi connectivity index (χ2n) is 6.44. The van der Waals surface area contributed by atoms with Crippen molar-refractivity contribution in [2.45, 2.75) is 31.7 Å². The van der Waals surface area contributed by atoms with Crippen molar-refractivity contribution in [2.75, 3.05) is 18.1 Å². The van der Waals surface area contributed by atoms with Gasteiger partial charge in [-0.05, 0) is 31.5 Å². The van der Waals surface area contributed by atoms with Gasteiger partial charge in [0.25, 0.3) is 0 Å². The molecule has 0 N–H and O–H groups in total. The maximum absolute atomic E-state index is 13.3. The molecule has 3 rings (SSSR count). The summed E-state index contributed by atoms with van der Waals surface area (Å²) in [7, 11) is 0. The Morgan fingerprint density at radius 3 is 1.93 bits per heavy atom. The molecule has 2 aromatic carbocycles. The van der Waals surface area contributed by atoms with E-state index in [2.05, 4.69) is 0 Å². The van der Waals surface area contributed by atoms with E-state index in [0.29, 0.717) is 11.3 Å². The summed E-state index contributed by atoms with van der Waals surface area (Å²) in [5.74, 6) is -2.62. The van der Waals surface area contributed by atoms with Crippen LogP contribution in [0.25, 0.3) is 0 Å². The van der Waals surface area contributed by atoms with Gasteiger partial charge in [-0.2, -0.15) is 0 Å². The molecule has 6 nitrogen and oxygen atoms in total. The van der Waals surface area contributed by atoms with Crippen molar-refractivity contribution in [3.8, 4) is 0 Å². The number of ether oxygens (including phenoxy) is 2. The zero-order chi connectivity index (χ0) is 20.1. The zero-order valence-electron chi connectivity index (χ0n) is 16.0. The van der Waals surface area contributed by atoms with E-state index >= 15 is 0 Å². The number of nitrogens with zero attached hydrogens (tertiary/aromatic N) is 1. The Labute approximate surface area is 164 Å². The van der Waals surface area contributed by atoms with Crippen molar-refractivity contribution in [3.05, 3.63) is 66.2 Å². The molecule has 6 heteroatoms. The lowest BCUT2D eigenvalue weighted by molar-refractivity contribution is -0.165. The van der Waals surface area contributed by atoms with Crippen LogP contribution in [0.2, 0.25) is 0 Å². The highest BCUT2D eigenvalue weighted by atomic mass is 16.6. The quantitative estimate of drug-likeness (QED) is 0.568. The Hall–Kier alpha value is -3.15. The lowest BCUT2D eigenvalue weighted by Crippen LogP contribution is -2.62. The van der Waals surface area contributed by atoms with Crippen LogP contribution >= 0.6 is 0 Å². The summed E-state index contributed by atoms with van der Waals surface area (Å²) in [6, 6.07) is 17.8. The number of carbonyl (C=O) groups excluding carboxylic acids is 3. The molecule has 0 saturated carbocycles. The highest BCUT2D eigenvalue weighted by Gasteiger charge is 2.66. The molecule has 1 unspecified atom stereocenters. The first kappa shape index (κ1) is 19.6. The molecule has 1 heterocycles. The van der Waals surface area contributed by atoms with Crippen LogP contribution in [-0.4, -0.2) is 36.6 Å². The van der Waals surface area contributed by atoms with E-state index < -0.39 is 23.4 Å². The van der Waals surface area contributed by atoms with Crippen LogP contribution in [0.15, 0.2) is 60.7 Å². The number of amides is 1. The number of hydrogen-bond donors (Lipinski definition) is 0. The lowest BCUT2D eigenvalue weighted by atomic mass is 9.79. The van der Waals surface area contributed by atoms with Crippen molar-refractivity contribution in [1.82, 2.24) is 0 Å². The second-order valence-corrected chi connectivity index (χ2v) is 6.44. The molecule has 1 aliphatic rings. The molecular formula is C22H23NO5. The van der Waals surface area contributed by atoms with Crippen LogP contribution in [0.4, 0.5) is 5.69 Å². The fourth-order valence-electron chi connectivity index (χ4n) is 3.77. The van der Waals surface area contributed by atoms with E-state index in [0.717, 1.165) is 0 Å². The molecular weight excluding hydrogens is 358 g/mol. The first-order valence-electron chi connectivity index (χ1n) is 9.34. The second kappa shape index (κ2) is 8.25. The lowest BCUT2D eigenvalue weighted by Gasteiger charge is -2.37. The number of hydrogen-bond acceptors (Lipinski definition) is 5. The third kappa shape index (κ3) is 3.15. The first-order valence-corrected chi connectivity index (χ1v) is 9.34. The summed E-state index contributed by atoms with van der Waals surface area (Å²) in [5.41, 5.74) is -0.756. The molecule has 0 aromatic heterocycles. The van der Waals surface area contributed by atoms with Crippen molar-refractivity contribution < 1.29 is 23.9 Å². The van der Waals surface area contributed by atoms with E-state index in [1.54, 1.807) is 56.3 Å². The van der Waals surface area contributed by atoms with Crippen LogP contribution in [0, 0.1) is 0 Å². The molecule has 0 aliphatic carbocycles. The zero-order valence-corrected chi connectivity index (χ0v) is 16.0. The molecule has 1 atom stereocenters. The number of esters is 2. The molecule has 0 spiro atoms. The van der Waals surface area contributed by atoms with Crippen LogP contribution < -0.4 is 4.90 Å². The van der Waals surface area contributed by atoms with E-state index in [1.165, 1.54) is 4.90 Å². The highest BCUT2D eigenvalue weighted by Crippen LogP contribution is 2.47. The Morgan fingerprint density at radius 2 is 1.43 bits per heavy atom. The van der Waals surface area contributed by atoms with Crippen LogP contribution in [0.1, 0.15) is 31.7 Å². The fourth-order valence-corrected chi connectivity index (χ4v) is 3.77. The summed E-state index contributed by atoms with van der Waals surface area (Å²) < 4.78 is 10.6. The molecule has 0 radical (unpaired) electrons. The molecule has 1 amide bonds. The van der Waals surface area contributed by atoms with Crippen molar-refractivity contribution in [2.24, 2.45) is 0 Å². The van der Waals surface area contributed by atoms with Gasteiger partial charge in [-0.15, -0.1) is 0 Å². The average molecular weight is 381 g/mol.